The number of unbranched alkanes of at least 4 members (excludes halogenated alkanes) is 2. The maximum Gasteiger partial charge on any atom is 0.323 e. The lowest BCUT2D eigenvalue weighted by molar-refractivity contribution is -0.149. The molecule has 6 heterocycles. The number of hydrogen-bond acceptors (Lipinski definition) is 25. The first-order chi connectivity index (χ1) is 64.7. The van der Waals surface area contributed by atoms with Crippen LogP contribution >= 0.6 is 11.8 Å². The molecule has 736 valence electrons. The van der Waals surface area contributed by atoms with Crippen LogP contribution in [0.15, 0.2) is 97.7 Å². The number of hydrogen-bond donors (Lipinski definition) is 19. The Balaban J connectivity index is 1.11. The lowest BCUT2D eigenvalue weighted by atomic mass is 9.90. The minimum Gasteiger partial charge on any atom is -0.508 e. The van der Waals surface area contributed by atoms with E-state index in [-0.39, 0.29) is 69.4 Å². The largest absolute Gasteiger partial charge is 0.508 e. The van der Waals surface area contributed by atoms with Gasteiger partial charge < -0.3 is 130 Å². The van der Waals surface area contributed by atoms with Gasteiger partial charge in [-0.2, -0.15) is 0 Å². The number of imidazole rings is 1. The van der Waals surface area contributed by atoms with Gasteiger partial charge in [0, 0.05) is 131 Å². The molecule has 0 aliphatic carbocycles. The molecule has 0 unspecified atom stereocenters. The average molecular weight is 1910 g/mol. The number of aliphatic hydroxyl groups excluding tert-OH is 2. The predicted octanol–water partition coefficient (Wildman–Crippen LogP) is -4.37. The normalized spacial score (nSPS) is 24.7. The Morgan fingerprint density at radius 1 is 0.581 bits per heavy atom. The molecule has 17 amide bonds. The molecule has 0 radical (unpaired) electrons. The molecule has 23 N–H and O–H groups in total. The van der Waals surface area contributed by atoms with Crippen LogP contribution < -0.4 is 70.8 Å². The number of Topliss-reactive ketones (excluding diaryl/α,β-unsaturated/α-hetero) is 1. The molecule has 45 nitrogen and oxygen atoms in total. The van der Waals surface area contributed by atoms with Gasteiger partial charge >= 0.3 is 5.97 Å². The summed E-state index contributed by atoms with van der Waals surface area (Å²) in [5.41, 5.74) is 25.3. The van der Waals surface area contributed by atoms with E-state index in [4.69, 9.17) is 22.9 Å². The number of rotatable bonds is 26. The van der Waals surface area contributed by atoms with Crippen LogP contribution in [-0.4, -0.2) is 327 Å². The summed E-state index contributed by atoms with van der Waals surface area (Å²) >= 11 is 0.732. The standard InChI is InChI=1S/C90H122N22O23S/c1-7-9-19-68-84(129)104-64(37-91)82(127)106-66(80(125)97-40-75(94)119)45-136-46-76(120)99-61(30-49-23-25-54(114)26-24-49)86(131)107(4)48(3)78(123)102-63(36-74(93)118)89(134)111-29-15-22-69(111)85(130)101-60(34-53-39-95-47-98-53)81(126)100-59(27-28-73(92)117)88(133)112-42-55(115)35-71(112)72(116)33-50(31-51-38-96-58-18-13-11-16-56(51)58)79(124)105-65(44-113)83(128)103-62(87(132)109(6)70(20-10-8-2)90(135)108(68)5)32-52-41-110(43-77(121)122)67-21-14-12-17-57(52)67/h11-14,16-18,21,23-26,38-39,41,47-48,50,55,59-66,68-71,96,113-115H,7-10,15,19-20,22,27-37,40,42-46,91H2,1-6H3,(H2,92,117)(H2,93,118)(H2,94,119)(H,95,98)(H,97,125)(H,99,120)(H,100,126)(H,101,130)(H,102,123)(H,103,128)(H,104,129)(H,105,124)(H,106,127)(H,121,122)/t48-,50+,55+,59-,60-,61-,62-,63-,64-,65-,66-,68-,69-,70-,71-/m0/s1. The van der Waals surface area contributed by atoms with E-state index in [0.717, 1.165) is 36.3 Å². The number of thioether (sulfide) groups is 1. The molecular weight excluding hydrogens is 1790 g/mol. The second kappa shape index (κ2) is 49.9. The summed E-state index contributed by atoms with van der Waals surface area (Å²) in [6.45, 7) is 1.01. The number of aliphatic hydroxyl groups is 2. The first-order valence-electron chi connectivity index (χ1n) is 44.9. The van der Waals surface area contributed by atoms with Crippen LogP contribution in [0.25, 0.3) is 21.8 Å². The van der Waals surface area contributed by atoms with Crippen LogP contribution in [0.3, 0.4) is 0 Å². The van der Waals surface area contributed by atoms with Crippen molar-refractivity contribution in [2.24, 2.45) is 28.9 Å². The van der Waals surface area contributed by atoms with E-state index in [1.165, 1.54) is 75.6 Å². The number of primary amides is 3. The van der Waals surface area contributed by atoms with Crippen molar-refractivity contribution in [2.75, 3.05) is 65.4 Å². The van der Waals surface area contributed by atoms with Gasteiger partial charge in [-0.15, -0.1) is 11.8 Å². The smallest absolute Gasteiger partial charge is 0.323 e. The number of aromatic amines is 2. The number of aromatic nitrogens is 4. The van der Waals surface area contributed by atoms with Gasteiger partial charge in [0.15, 0.2) is 5.78 Å². The number of para-hydroxylation sites is 2. The van der Waals surface area contributed by atoms with Crippen LogP contribution in [0, 0.1) is 5.92 Å². The molecule has 3 aromatic heterocycles. The maximum atomic E-state index is 15.8. The monoisotopic (exact) mass is 1910 g/mol. The number of nitrogens with two attached hydrogens (primary N) is 4. The van der Waals surface area contributed by atoms with Crippen molar-refractivity contribution < 1.29 is 112 Å². The lowest BCUT2D eigenvalue weighted by Gasteiger charge is -2.36. The number of carboxylic acid groups (broad SMARTS) is 1. The fourth-order valence-corrected chi connectivity index (χ4v) is 17.7. The molecule has 9 rings (SSSR count). The number of ketones is 1. The number of carboxylic acids is 1. The number of benzene rings is 3. The van der Waals surface area contributed by atoms with E-state index in [1.807, 2.05) is 0 Å². The third-order valence-electron chi connectivity index (χ3n) is 24.3. The van der Waals surface area contributed by atoms with E-state index in [2.05, 4.69) is 62.8 Å². The van der Waals surface area contributed by atoms with Gasteiger partial charge in [0.05, 0.1) is 49.5 Å². The van der Waals surface area contributed by atoms with E-state index >= 15 is 33.6 Å². The third kappa shape index (κ3) is 28.6. The Bertz CT molecular complexity index is 5340. The van der Waals surface area contributed by atoms with Crippen molar-refractivity contribution >= 4 is 146 Å². The minimum atomic E-state index is -1.96. The number of nitrogens with zero attached hydrogens (tertiary/aromatic N) is 7. The van der Waals surface area contributed by atoms with Crippen LogP contribution in [-0.2, 0) is 123 Å². The van der Waals surface area contributed by atoms with Gasteiger partial charge in [-0.1, -0.05) is 88.1 Å². The van der Waals surface area contributed by atoms with Crippen molar-refractivity contribution in [3.05, 3.63) is 120 Å². The van der Waals surface area contributed by atoms with Gasteiger partial charge in [0.2, 0.25) is 100 Å². The molecule has 0 bridgehead atoms. The second-order valence-electron chi connectivity index (χ2n) is 34.2. The van der Waals surface area contributed by atoms with Gasteiger partial charge in [-0.3, -0.25) is 91.1 Å². The zero-order valence-electron chi connectivity index (χ0n) is 76.5. The summed E-state index contributed by atoms with van der Waals surface area (Å²) in [6, 6.07) is -2.37. The zero-order chi connectivity index (χ0) is 99.5. The summed E-state index contributed by atoms with van der Waals surface area (Å²) < 4.78 is 1.40. The topological polar surface area (TPSA) is 683 Å². The van der Waals surface area contributed by atoms with Crippen molar-refractivity contribution in [2.45, 2.75) is 221 Å². The second-order valence-corrected chi connectivity index (χ2v) is 35.3. The Kier molecular flexibility index (Phi) is 38.8. The van der Waals surface area contributed by atoms with E-state index in [1.54, 1.807) is 68.6 Å². The van der Waals surface area contributed by atoms with E-state index in [9.17, 15) is 78.0 Å². The molecule has 3 aromatic carbocycles. The molecular formula is C90H122N22O23S. The Morgan fingerprint density at radius 2 is 1.19 bits per heavy atom. The van der Waals surface area contributed by atoms with Crippen LogP contribution in [0.1, 0.15) is 127 Å². The Labute approximate surface area is 786 Å². The zero-order valence-corrected chi connectivity index (χ0v) is 77.3. The summed E-state index contributed by atoms with van der Waals surface area (Å²) in [5, 5.41) is 67.0. The van der Waals surface area contributed by atoms with Gasteiger partial charge in [-0.25, -0.2) is 4.98 Å². The summed E-state index contributed by atoms with van der Waals surface area (Å²) in [7, 11) is 3.76. The molecule has 46 heteroatoms. The first-order valence-corrected chi connectivity index (χ1v) is 46.0. The SMILES string of the molecule is CCCC[C@H]1C(=O)N(C)[C@@H](CCCC)C(=O)N[C@@H](CN)C(=O)N[C@H](C(=O)NCC(N)=O)CSCC(=O)N[C@@H](Cc2ccc(O)cc2)C(=O)N(C)[C@@H](C)C(=O)N[C@@H](CC(N)=O)C(=O)N2CCC[C@H]2C(=O)N[C@@H](Cc2c[nH]cn2)C(=O)N[C@@H](CCC(N)=O)C(=O)N2C[C@H](O)C[C@H]2C(=O)C[C@@H](Cc2c[nH]c3ccccc23)C(=O)N[C@@H](CO)C(=O)N[C@@H](Cc2cn(CC(=O)O)c3ccccc23)C(=O)N1C. The van der Waals surface area contributed by atoms with Gasteiger partial charge in [0.25, 0.3) is 0 Å². The van der Waals surface area contributed by atoms with Gasteiger partial charge in [-0.05, 0) is 86.4 Å². The number of amides is 17. The number of aliphatic carboxylic acids is 1. The molecule has 0 saturated carbocycles. The number of fused-ring (bicyclic) bond motifs is 4. The highest BCUT2D eigenvalue weighted by molar-refractivity contribution is 8.00. The van der Waals surface area contributed by atoms with Crippen LogP contribution in [0.4, 0.5) is 0 Å². The quantitative estimate of drug-likeness (QED) is 0.0244. The van der Waals surface area contributed by atoms with Crippen molar-refractivity contribution in [3.8, 4) is 5.75 Å². The van der Waals surface area contributed by atoms with Crippen molar-refractivity contribution in [1.82, 2.24) is 91.9 Å². The number of carbonyl (C=O) groups excluding carboxylic acids is 18. The number of phenols is 1. The number of nitrogens with one attached hydrogen (secondary N) is 11. The molecule has 3 aliphatic rings. The molecule has 136 heavy (non-hydrogen) atoms. The highest BCUT2D eigenvalue weighted by atomic mass is 32.2. The highest BCUT2D eigenvalue weighted by Crippen LogP contribution is 2.31. The molecule has 3 saturated heterocycles. The number of aromatic hydroxyl groups is 1. The fourth-order valence-electron chi connectivity index (χ4n) is 16.8. The van der Waals surface area contributed by atoms with Gasteiger partial charge in [0.1, 0.15) is 84.8 Å². The maximum absolute atomic E-state index is 15.8. The average Bonchev–Trinajstić information content (AvgIpc) is 1.65. The Hall–Kier alpha value is -13.9. The molecule has 3 fully saturated rings. The fraction of sp³-hybridized carbons (Fsp3) is 0.511. The highest BCUT2D eigenvalue weighted by Gasteiger charge is 2.47. The minimum absolute atomic E-state index is 0.0597. The number of phenolic OH excluding ortho intramolecular Hbond substituents is 1. The molecule has 0 spiro atoms. The number of likely N-dealkylation sites (N-methyl/N-ethyl adjacent to an activating group) is 3. The predicted molar refractivity (Wildman–Crippen MR) is 491 cm³/mol. The van der Waals surface area contributed by atoms with Crippen LogP contribution in [0.2, 0.25) is 0 Å². The summed E-state index contributed by atoms with van der Waals surface area (Å²) in [4.78, 5) is 290. The lowest BCUT2D eigenvalue weighted by Crippen LogP contribution is -2.61. The number of H-pyrrole nitrogens is 2. The third-order valence-corrected chi connectivity index (χ3v) is 25.4. The molecule has 6 aromatic rings. The van der Waals surface area contributed by atoms with Crippen molar-refractivity contribution in [1.29, 1.82) is 0 Å². The molecule has 3 aliphatic heterocycles. The number of carbonyl (C=O) groups is 19. The molecule has 15 atom stereocenters. The van der Waals surface area contributed by atoms with Crippen molar-refractivity contribution in [3.63, 3.8) is 0 Å². The van der Waals surface area contributed by atoms with E-state index in [0.29, 0.717) is 51.3 Å². The van der Waals surface area contributed by atoms with Crippen LogP contribution in [0.5, 0.6) is 5.75 Å². The summed E-state index contributed by atoms with van der Waals surface area (Å²) in [5.74, 6) is -21.9. The Morgan fingerprint density at radius 3 is 1.85 bits per heavy atom. The first kappa shape index (κ1) is 106. The van der Waals surface area contributed by atoms with E-state index < -0.39 is 292 Å². The summed E-state index contributed by atoms with van der Waals surface area (Å²) in [6.07, 6.45) is 1.02.